The molecule has 1 aliphatic heterocycles. The van der Waals surface area contributed by atoms with E-state index in [0.717, 1.165) is 0 Å². The molecule has 0 spiro atoms. The molecule has 0 unspecified atom stereocenters. The molecule has 1 fully saturated rings. The maximum Gasteiger partial charge on any atom is 0.416 e. The highest BCUT2D eigenvalue weighted by Crippen LogP contribution is 2.38. The number of halogens is 8. The van der Waals surface area contributed by atoms with Gasteiger partial charge in [-0.1, -0.05) is 29.3 Å². The lowest BCUT2D eigenvalue weighted by Gasteiger charge is -2.32. The van der Waals surface area contributed by atoms with Gasteiger partial charge in [0.05, 0.1) is 11.1 Å². The average molecular weight is 515 g/mol. The van der Waals surface area contributed by atoms with E-state index in [0.29, 0.717) is 27.7 Å². The van der Waals surface area contributed by atoms with Crippen molar-refractivity contribution >= 4 is 29.2 Å². The monoisotopic (exact) mass is 514 g/mol. The molecule has 1 heterocycles. The van der Waals surface area contributed by atoms with Crippen LogP contribution in [0.2, 0.25) is 10.0 Å². The van der Waals surface area contributed by atoms with Crippen molar-refractivity contribution in [1.29, 1.82) is 0 Å². The van der Waals surface area contributed by atoms with Gasteiger partial charge >= 0.3 is 18.4 Å². The van der Waals surface area contributed by atoms with Crippen LogP contribution in [0.25, 0.3) is 0 Å². The fourth-order valence-electron chi connectivity index (χ4n) is 3.31. The van der Waals surface area contributed by atoms with Gasteiger partial charge in [0.25, 0.3) is 0 Å². The molecule has 0 bridgehead atoms. The molecule has 2 aromatic rings. The number of hydrogen-bond acceptors (Lipinski definition) is 2. The van der Waals surface area contributed by atoms with Crippen LogP contribution < -0.4 is 10.1 Å². The number of benzene rings is 2. The number of nitrogens with one attached hydrogen (secondary N) is 1. The summed E-state index contributed by atoms with van der Waals surface area (Å²) in [5, 5.41) is 3.57. The Labute approximate surface area is 195 Å². The maximum atomic E-state index is 13.0. The van der Waals surface area contributed by atoms with E-state index in [1.54, 1.807) is 18.2 Å². The number of likely N-dealkylation sites (tertiary alicyclic amines) is 1. The molecule has 2 aromatic carbocycles. The largest absolute Gasteiger partial charge is 0.490 e. The van der Waals surface area contributed by atoms with Crippen LogP contribution in [0.1, 0.15) is 29.5 Å². The summed E-state index contributed by atoms with van der Waals surface area (Å²) in [6, 6.07) is 5.62. The lowest BCUT2D eigenvalue weighted by Crippen LogP contribution is -2.46. The first-order chi connectivity index (χ1) is 15.3. The van der Waals surface area contributed by atoms with Crippen molar-refractivity contribution < 1.29 is 35.9 Å². The second-order valence-electron chi connectivity index (χ2n) is 7.44. The molecule has 0 aromatic heterocycles. The number of amides is 2. The first-order valence-corrected chi connectivity index (χ1v) is 10.5. The molecule has 0 radical (unpaired) electrons. The number of hydrogen-bond donors (Lipinski definition) is 1. The van der Waals surface area contributed by atoms with Crippen molar-refractivity contribution in [3.63, 3.8) is 0 Å². The second kappa shape index (κ2) is 9.89. The van der Waals surface area contributed by atoms with Crippen LogP contribution in [0.15, 0.2) is 36.4 Å². The molecule has 1 N–H and O–H groups in total. The van der Waals surface area contributed by atoms with Gasteiger partial charge in [-0.15, -0.1) is 0 Å². The van der Waals surface area contributed by atoms with Gasteiger partial charge in [0.1, 0.15) is 11.9 Å². The number of rotatable bonds is 4. The molecule has 1 aliphatic rings. The number of carbonyl (C=O) groups is 1. The highest BCUT2D eigenvalue weighted by molar-refractivity contribution is 6.35. The Morgan fingerprint density at radius 2 is 1.55 bits per heavy atom. The molecule has 3 rings (SSSR count). The third kappa shape index (κ3) is 6.83. The van der Waals surface area contributed by atoms with E-state index in [9.17, 15) is 31.1 Å². The van der Waals surface area contributed by atoms with Crippen LogP contribution >= 0.6 is 23.2 Å². The summed E-state index contributed by atoms with van der Waals surface area (Å²) >= 11 is 11.9. The quantitative estimate of drug-likeness (QED) is 0.456. The molecule has 0 atom stereocenters. The molecular weight excluding hydrogens is 497 g/mol. The molecule has 4 nitrogen and oxygen atoms in total. The zero-order chi connectivity index (χ0) is 24.4. The van der Waals surface area contributed by atoms with Crippen LogP contribution in [-0.2, 0) is 18.9 Å². The van der Waals surface area contributed by atoms with E-state index in [2.05, 4.69) is 5.32 Å². The third-order valence-electron chi connectivity index (χ3n) is 5.04. The molecule has 0 saturated carbocycles. The van der Waals surface area contributed by atoms with E-state index >= 15 is 0 Å². The average Bonchev–Trinajstić information content (AvgIpc) is 2.72. The van der Waals surface area contributed by atoms with Gasteiger partial charge in [0, 0.05) is 42.5 Å². The van der Waals surface area contributed by atoms with Gasteiger partial charge in [0.15, 0.2) is 0 Å². The Bertz CT molecular complexity index is 973. The van der Waals surface area contributed by atoms with Gasteiger partial charge < -0.3 is 15.0 Å². The predicted octanol–water partition coefficient (Wildman–Crippen LogP) is 6.78. The maximum absolute atomic E-state index is 13.0. The van der Waals surface area contributed by atoms with Crippen molar-refractivity contribution in [2.75, 3.05) is 13.1 Å². The number of carbonyl (C=O) groups excluding carboxylic acids is 1. The highest BCUT2D eigenvalue weighted by Gasteiger charge is 2.37. The van der Waals surface area contributed by atoms with Crippen LogP contribution in [-0.4, -0.2) is 30.1 Å². The van der Waals surface area contributed by atoms with Crippen molar-refractivity contribution in [1.82, 2.24) is 10.2 Å². The van der Waals surface area contributed by atoms with Crippen molar-refractivity contribution in [3.05, 3.63) is 63.1 Å². The lowest BCUT2D eigenvalue weighted by molar-refractivity contribution is -0.143. The lowest BCUT2D eigenvalue weighted by atomic mass is 10.1. The first-order valence-electron chi connectivity index (χ1n) is 9.76. The van der Waals surface area contributed by atoms with E-state index in [1.165, 1.54) is 4.90 Å². The summed E-state index contributed by atoms with van der Waals surface area (Å²) in [4.78, 5) is 13.9. The Kier molecular flexibility index (Phi) is 7.58. The Balaban J connectivity index is 1.58. The number of ether oxygens (including phenoxy) is 1. The third-order valence-corrected chi connectivity index (χ3v) is 5.63. The van der Waals surface area contributed by atoms with E-state index in [4.69, 9.17) is 27.9 Å². The summed E-state index contributed by atoms with van der Waals surface area (Å²) in [5.74, 6) is -0.516. The van der Waals surface area contributed by atoms with E-state index < -0.39 is 35.3 Å². The smallest absolute Gasteiger partial charge is 0.416 e. The topological polar surface area (TPSA) is 41.6 Å². The van der Waals surface area contributed by atoms with Gasteiger partial charge in [-0.2, -0.15) is 26.3 Å². The van der Waals surface area contributed by atoms with Crippen LogP contribution in [0.3, 0.4) is 0 Å². The molecule has 180 valence electrons. The first kappa shape index (κ1) is 25.3. The molecule has 0 aliphatic carbocycles. The minimum absolute atomic E-state index is 0.0484. The van der Waals surface area contributed by atoms with Gasteiger partial charge in [-0.3, -0.25) is 0 Å². The SMILES string of the molecule is O=C(NCc1ccc(Cl)cc1Cl)N1CCC(Oc2cc(C(F)(F)F)cc(C(F)(F)F)c2)CC1. The number of urea groups is 1. The predicted molar refractivity (Wildman–Crippen MR) is 110 cm³/mol. The fourth-order valence-corrected chi connectivity index (χ4v) is 3.79. The zero-order valence-corrected chi connectivity index (χ0v) is 18.4. The van der Waals surface area contributed by atoms with Crippen molar-refractivity contribution in [2.45, 2.75) is 37.8 Å². The van der Waals surface area contributed by atoms with Gasteiger partial charge in [-0.05, 0) is 35.9 Å². The summed E-state index contributed by atoms with van der Waals surface area (Å²) < 4.78 is 83.5. The van der Waals surface area contributed by atoms with E-state index in [-0.39, 0.29) is 44.6 Å². The summed E-state index contributed by atoms with van der Waals surface area (Å²) in [6.45, 7) is 0.599. The molecule has 33 heavy (non-hydrogen) atoms. The van der Waals surface area contributed by atoms with Gasteiger partial charge in [0.2, 0.25) is 0 Å². The summed E-state index contributed by atoms with van der Waals surface area (Å²) in [7, 11) is 0. The number of piperidine rings is 1. The van der Waals surface area contributed by atoms with Crippen LogP contribution in [0.5, 0.6) is 5.75 Å². The number of alkyl halides is 6. The molecular formula is C21H18Cl2F6N2O2. The summed E-state index contributed by atoms with van der Waals surface area (Å²) in [5.41, 5.74) is -2.22. The van der Waals surface area contributed by atoms with Crippen LogP contribution in [0, 0.1) is 0 Å². The Morgan fingerprint density at radius 1 is 0.970 bits per heavy atom. The zero-order valence-electron chi connectivity index (χ0n) is 16.9. The standard InChI is InChI=1S/C21H18Cl2F6N2O2/c22-15-2-1-12(18(23)10-15)11-30-19(32)31-5-3-16(4-6-31)33-17-8-13(20(24,25)26)7-14(9-17)21(27,28)29/h1-2,7-10,16H,3-6,11H2,(H,30,32). The molecule has 1 saturated heterocycles. The minimum Gasteiger partial charge on any atom is -0.490 e. The van der Waals surface area contributed by atoms with Gasteiger partial charge in [-0.25, -0.2) is 4.79 Å². The van der Waals surface area contributed by atoms with E-state index in [1.807, 2.05) is 0 Å². The minimum atomic E-state index is -4.95. The van der Waals surface area contributed by atoms with Crippen molar-refractivity contribution in [3.8, 4) is 5.75 Å². The second-order valence-corrected chi connectivity index (χ2v) is 8.28. The molecule has 12 heteroatoms. The summed E-state index contributed by atoms with van der Waals surface area (Å²) in [6.07, 6.45) is -10.1. The Hall–Kier alpha value is -2.33. The fraction of sp³-hybridized carbons (Fsp3) is 0.381. The van der Waals surface area contributed by atoms with Crippen LogP contribution in [0.4, 0.5) is 31.1 Å². The Morgan fingerprint density at radius 3 is 2.06 bits per heavy atom. The normalized spacial score (nSPS) is 15.5. The highest BCUT2D eigenvalue weighted by atomic mass is 35.5. The number of nitrogens with zero attached hydrogens (tertiary/aromatic N) is 1. The molecule has 2 amide bonds. The van der Waals surface area contributed by atoms with Crippen molar-refractivity contribution in [2.24, 2.45) is 0 Å².